The van der Waals surface area contributed by atoms with Crippen molar-refractivity contribution in [1.82, 2.24) is 14.8 Å². The van der Waals surface area contributed by atoms with E-state index in [4.69, 9.17) is 4.74 Å². The predicted molar refractivity (Wildman–Crippen MR) is 139 cm³/mol. The third-order valence-corrected chi connectivity index (χ3v) is 6.91. The fourth-order valence-corrected chi connectivity index (χ4v) is 4.81. The standard InChI is InChI=1S/C27H30N4O4S/c1-19-7-9-21(10-8-19)26(34)31(13-14-35-2)17-24(32)29-27-28-23(18-36-27)15-25(33)30-12-11-20-5-3-4-6-22(20)16-30/h3-10,18H,11-17H2,1-2H3,(H,28,29,32). The minimum absolute atomic E-state index is 0.0158. The molecule has 0 unspecified atom stereocenters. The molecule has 0 atom stereocenters. The molecule has 8 nitrogen and oxygen atoms in total. The molecule has 188 valence electrons. The van der Waals surface area contributed by atoms with Gasteiger partial charge in [-0.25, -0.2) is 4.98 Å². The van der Waals surface area contributed by atoms with Crippen LogP contribution in [0, 0.1) is 6.92 Å². The summed E-state index contributed by atoms with van der Waals surface area (Å²) in [6, 6.07) is 15.4. The number of aryl methyl sites for hydroxylation is 1. The normalized spacial score (nSPS) is 12.7. The van der Waals surface area contributed by atoms with Crippen molar-refractivity contribution in [3.8, 4) is 0 Å². The molecule has 0 bridgehead atoms. The molecule has 36 heavy (non-hydrogen) atoms. The first kappa shape index (κ1) is 25.5. The average Bonchev–Trinajstić information content (AvgIpc) is 3.32. The van der Waals surface area contributed by atoms with Gasteiger partial charge in [0.1, 0.15) is 6.54 Å². The highest BCUT2D eigenvalue weighted by molar-refractivity contribution is 7.13. The molecule has 0 saturated heterocycles. The maximum absolute atomic E-state index is 12.9. The molecule has 9 heteroatoms. The molecule has 3 aromatic rings. The van der Waals surface area contributed by atoms with Crippen LogP contribution in [0.25, 0.3) is 0 Å². The van der Waals surface area contributed by atoms with E-state index in [9.17, 15) is 14.4 Å². The zero-order chi connectivity index (χ0) is 25.5. The number of nitrogens with zero attached hydrogens (tertiary/aromatic N) is 3. The van der Waals surface area contributed by atoms with Crippen LogP contribution in [0.2, 0.25) is 0 Å². The number of hydrogen-bond donors (Lipinski definition) is 1. The molecular formula is C27H30N4O4S. The van der Waals surface area contributed by atoms with Gasteiger partial charge < -0.3 is 19.9 Å². The van der Waals surface area contributed by atoms with Gasteiger partial charge in [0.05, 0.1) is 18.7 Å². The highest BCUT2D eigenvalue weighted by atomic mass is 32.1. The lowest BCUT2D eigenvalue weighted by Crippen LogP contribution is -2.40. The Morgan fingerprint density at radius 2 is 1.86 bits per heavy atom. The van der Waals surface area contributed by atoms with Crippen molar-refractivity contribution in [3.63, 3.8) is 0 Å². The molecule has 0 fully saturated rings. The van der Waals surface area contributed by atoms with Gasteiger partial charge in [-0.2, -0.15) is 0 Å². The highest BCUT2D eigenvalue weighted by Crippen LogP contribution is 2.21. The molecular weight excluding hydrogens is 476 g/mol. The first-order valence-corrected chi connectivity index (χ1v) is 12.7. The molecule has 4 rings (SSSR count). The molecule has 1 N–H and O–H groups in total. The fraction of sp³-hybridized carbons (Fsp3) is 0.333. The SMILES string of the molecule is COCCN(CC(=O)Nc1nc(CC(=O)N2CCc3ccccc3C2)cs1)C(=O)c1ccc(C)cc1. The minimum Gasteiger partial charge on any atom is -0.383 e. The maximum Gasteiger partial charge on any atom is 0.254 e. The number of carbonyl (C=O) groups is 3. The Hall–Kier alpha value is -3.56. The van der Waals surface area contributed by atoms with Crippen LogP contribution in [0.5, 0.6) is 0 Å². The van der Waals surface area contributed by atoms with Crippen molar-refractivity contribution >= 4 is 34.2 Å². The number of anilines is 1. The number of amides is 3. The van der Waals surface area contributed by atoms with Gasteiger partial charge in [-0.1, -0.05) is 42.0 Å². The number of aromatic nitrogens is 1. The number of hydrogen-bond acceptors (Lipinski definition) is 6. The average molecular weight is 507 g/mol. The second-order valence-corrected chi connectivity index (χ2v) is 9.65. The number of ether oxygens (including phenoxy) is 1. The molecule has 0 saturated carbocycles. The van der Waals surface area contributed by atoms with E-state index in [0.717, 1.165) is 12.0 Å². The maximum atomic E-state index is 12.9. The van der Waals surface area contributed by atoms with Crippen LogP contribution in [0.3, 0.4) is 0 Å². The van der Waals surface area contributed by atoms with E-state index in [2.05, 4.69) is 22.4 Å². The van der Waals surface area contributed by atoms with Crippen molar-refractivity contribution in [2.75, 3.05) is 38.7 Å². The van der Waals surface area contributed by atoms with Gasteiger partial charge in [0.2, 0.25) is 11.8 Å². The summed E-state index contributed by atoms with van der Waals surface area (Å²) in [7, 11) is 1.55. The summed E-state index contributed by atoms with van der Waals surface area (Å²) in [5.74, 6) is -0.579. The Labute approximate surface area is 214 Å². The summed E-state index contributed by atoms with van der Waals surface area (Å²) in [5.41, 5.74) is 4.66. The fourth-order valence-electron chi connectivity index (χ4n) is 4.09. The smallest absolute Gasteiger partial charge is 0.254 e. The number of carbonyl (C=O) groups excluding carboxylic acids is 3. The van der Waals surface area contributed by atoms with Crippen molar-refractivity contribution < 1.29 is 19.1 Å². The molecule has 2 heterocycles. The summed E-state index contributed by atoms with van der Waals surface area (Å²) < 4.78 is 5.12. The topological polar surface area (TPSA) is 91.8 Å². The van der Waals surface area contributed by atoms with Crippen LogP contribution in [0.4, 0.5) is 5.13 Å². The van der Waals surface area contributed by atoms with Crippen LogP contribution in [-0.2, 0) is 33.7 Å². The largest absolute Gasteiger partial charge is 0.383 e. The van der Waals surface area contributed by atoms with Crippen molar-refractivity contribution in [1.29, 1.82) is 0 Å². The van der Waals surface area contributed by atoms with Crippen molar-refractivity contribution in [2.24, 2.45) is 0 Å². The van der Waals surface area contributed by atoms with E-state index < -0.39 is 0 Å². The number of methoxy groups -OCH3 is 1. The molecule has 1 aromatic heterocycles. The third kappa shape index (κ3) is 6.56. The van der Waals surface area contributed by atoms with Gasteiger partial charge in [0.25, 0.3) is 5.91 Å². The second-order valence-electron chi connectivity index (χ2n) is 8.79. The van der Waals surface area contributed by atoms with Gasteiger partial charge in [0, 0.05) is 37.7 Å². The van der Waals surface area contributed by atoms with Gasteiger partial charge >= 0.3 is 0 Å². The number of fused-ring (bicyclic) bond motifs is 1. The van der Waals surface area contributed by atoms with Crippen LogP contribution in [-0.4, -0.2) is 65.9 Å². The highest BCUT2D eigenvalue weighted by Gasteiger charge is 2.22. The predicted octanol–water partition coefficient (Wildman–Crippen LogP) is 3.31. The van der Waals surface area contributed by atoms with Gasteiger partial charge in [-0.3, -0.25) is 14.4 Å². The molecule has 1 aliphatic rings. The lowest BCUT2D eigenvalue weighted by Gasteiger charge is -2.28. The number of rotatable bonds is 9. The first-order valence-electron chi connectivity index (χ1n) is 11.9. The van der Waals surface area contributed by atoms with Gasteiger partial charge in [-0.15, -0.1) is 11.3 Å². The van der Waals surface area contributed by atoms with Crippen molar-refractivity contribution in [3.05, 3.63) is 81.9 Å². The van der Waals surface area contributed by atoms with E-state index in [1.165, 1.54) is 27.4 Å². The summed E-state index contributed by atoms with van der Waals surface area (Å²) in [6.45, 7) is 3.72. The summed E-state index contributed by atoms with van der Waals surface area (Å²) >= 11 is 1.26. The lowest BCUT2D eigenvalue weighted by atomic mass is 10.00. The molecule has 1 aliphatic heterocycles. The zero-order valence-electron chi connectivity index (χ0n) is 20.5. The van der Waals surface area contributed by atoms with E-state index in [1.54, 1.807) is 24.6 Å². The monoisotopic (exact) mass is 506 g/mol. The Morgan fingerprint density at radius 3 is 2.61 bits per heavy atom. The van der Waals surface area contributed by atoms with Crippen LogP contribution in [0.15, 0.2) is 53.9 Å². The van der Waals surface area contributed by atoms with E-state index in [1.807, 2.05) is 36.1 Å². The van der Waals surface area contributed by atoms with Gasteiger partial charge in [0.15, 0.2) is 5.13 Å². The number of thiazole rings is 1. The van der Waals surface area contributed by atoms with E-state index in [0.29, 0.717) is 36.1 Å². The molecule has 0 radical (unpaired) electrons. The van der Waals surface area contributed by atoms with Crippen LogP contribution < -0.4 is 5.32 Å². The second kappa shape index (κ2) is 11.9. The summed E-state index contributed by atoms with van der Waals surface area (Å²) in [5, 5.41) is 4.95. The van der Waals surface area contributed by atoms with E-state index in [-0.39, 0.29) is 37.2 Å². The Kier molecular flexibility index (Phi) is 8.45. The zero-order valence-corrected chi connectivity index (χ0v) is 21.3. The lowest BCUT2D eigenvalue weighted by molar-refractivity contribution is -0.131. The quantitative estimate of drug-likeness (QED) is 0.481. The third-order valence-electron chi connectivity index (χ3n) is 6.10. The number of nitrogens with one attached hydrogen (secondary N) is 1. The molecule has 0 spiro atoms. The Morgan fingerprint density at radius 1 is 1.11 bits per heavy atom. The Bertz CT molecular complexity index is 1220. The van der Waals surface area contributed by atoms with Crippen LogP contribution >= 0.6 is 11.3 Å². The summed E-state index contributed by atoms with van der Waals surface area (Å²) in [4.78, 5) is 46.2. The first-order chi connectivity index (χ1) is 17.4. The minimum atomic E-state index is -0.355. The molecule has 0 aliphatic carbocycles. The van der Waals surface area contributed by atoms with Crippen molar-refractivity contribution in [2.45, 2.75) is 26.3 Å². The molecule has 2 aromatic carbocycles. The summed E-state index contributed by atoms with van der Waals surface area (Å²) in [6.07, 6.45) is 1.03. The van der Waals surface area contributed by atoms with E-state index >= 15 is 0 Å². The Balaban J connectivity index is 1.32. The number of benzene rings is 2. The molecule has 3 amide bonds. The van der Waals surface area contributed by atoms with Crippen LogP contribution in [0.1, 0.15) is 32.7 Å². The van der Waals surface area contributed by atoms with Gasteiger partial charge in [-0.05, 0) is 36.6 Å².